The molecule has 3 heteroatoms. The number of hydrogen-bond acceptors (Lipinski definition) is 1. The molecule has 0 aliphatic heterocycles. The SMILES string of the molecule is Cc1cc(CCCN)c(F)cc1Br. The van der Waals surface area contributed by atoms with Gasteiger partial charge in [0, 0.05) is 4.47 Å². The van der Waals surface area contributed by atoms with Crippen molar-refractivity contribution in [2.75, 3.05) is 6.54 Å². The van der Waals surface area contributed by atoms with Crippen LogP contribution in [0.5, 0.6) is 0 Å². The minimum Gasteiger partial charge on any atom is -0.330 e. The molecule has 0 heterocycles. The van der Waals surface area contributed by atoms with Gasteiger partial charge in [-0.15, -0.1) is 0 Å². The van der Waals surface area contributed by atoms with E-state index < -0.39 is 0 Å². The summed E-state index contributed by atoms with van der Waals surface area (Å²) in [7, 11) is 0. The molecule has 0 bridgehead atoms. The van der Waals surface area contributed by atoms with Crippen LogP contribution < -0.4 is 5.73 Å². The summed E-state index contributed by atoms with van der Waals surface area (Å²) in [6.45, 7) is 2.56. The van der Waals surface area contributed by atoms with E-state index in [0.29, 0.717) is 6.54 Å². The molecule has 13 heavy (non-hydrogen) atoms. The minimum absolute atomic E-state index is 0.147. The number of benzene rings is 1. The monoisotopic (exact) mass is 245 g/mol. The molecule has 0 aliphatic carbocycles. The summed E-state index contributed by atoms with van der Waals surface area (Å²) in [4.78, 5) is 0. The fourth-order valence-corrected chi connectivity index (χ4v) is 1.52. The van der Waals surface area contributed by atoms with Crippen LogP contribution in [0.4, 0.5) is 4.39 Å². The molecule has 0 unspecified atom stereocenters. The lowest BCUT2D eigenvalue weighted by Crippen LogP contribution is -2.02. The topological polar surface area (TPSA) is 26.0 Å². The molecule has 72 valence electrons. The molecule has 2 N–H and O–H groups in total. The molecule has 1 aromatic rings. The van der Waals surface area contributed by atoms with E-state index in [-0.39, 0.29) is 5.82 Å². The first kappa shape index (κ1) is 10.7. The molecule has 0 aromatic heterocycles. The normalized spacial score (nSPS) is 10.5. The smallest absolute Gasteiger partial charge is 0.127 e. The lowest BCUT2D eigenvalue weighted by molar-refractivity contribution is 0.603. The summed E-state index contributed by atoms with van der Waals surface area (Å²) in [5.41, 5.74) is 7.18. The van der Waals surface area contributed by atoms with Crippen molar-refractivity contribution in [1.29, 1.82) is 0 Å². The maximum Gasteiger partial charge on any atom is 0.127 e. The van der Waals surface area contributed by atoms with Crippen LogP contribution in [0.25, 0.3) is 0 Å². The zero-order valence-electron chi connectivity index (χ0n) is 7.61. The van der Waals surface area contributed by atoms with Crippen molar-refractivity contribution in [3.05, 3.63) is 33.5 Å². The summed E-state index contributed by atoms with van der Waals surface area (Å²) < 4.78 is 14.1. The van der Waals surface area contributed by atoms with Crippen molar-refractivity contribution in [1.82, 2.24) is 0 Å². The van der Waals surface area contributed by atoms with E-state index in [4.69, 9.17) is 5.73 Å². The van der Waals surface area contributed by atoms with Gasteiger partial charge in [-0.05, 0) is 43.5 Å². The van der Waals surface area contributed by atoms with Crippen LogP contribution in [0.2, 0.25) is 0 Å². The van der Waals surface area contributed by atoms with Gasteiger partial charge in [-0.3, -0.25) is 0 Å². The van der Waals surface area contributed by atoms with Gasteiger partial charge >= 0.3 is 0 Å². The quantitative estimate of drug-likeness (QED) is 0.871. The Morgan fingerprint density at radius 2 is 2.15 bits per heavy atom. The zero-order chi connectivity index (χ0) is 9.84. The second kappa shape index (κ2) is 4.72. The predicted molar refractivity (Wildman–Crippen MR) is 56.2 cm³/mol. The van der Waals surface area contributed by atoms with Crippen molar-refractivity contribution in [2.45, 2.75) is 19.8 Å². The summed E-state index contributed by atoms with van der Waals surface area (Å²) >= 11 is 3.28. The number of hydrogen-bond donors (Lipinski definition) is 1. The van der Waals surface area contributed by atoms with Crippen LogP contribution >= 0.6 is 15.9 Å². The van der Waals surface area contributed by atoms with Gasteiger partial charge < -0.3 is 5.73 Å². The lowest BCUT2D eigenvalue weighted by Gasteiger charge is -2.05. The van der Waals surface area contributed by atoms with Crippen molar-refractivity contribution < 1.29 is 4.39 Å². The molecule has 0 aliphatic rings. The van der Waals surface area contributed by atoms with E-state index in [2.05, 4.69) is 15.9 Å². The standard InChI is InChI=1S/C10H13BrFN/c1-7-5-8(3-2-4-13)10(12)6-9(7)11/h5-6H,2-4,13H2,1H3. The maximum absolute atomic E-state index is 13.3. The summed E-state index contributed by atoms with van der Waals surface area (Å²) in [5, 5.41) is 0. The van der Waals surface area contributed by atoms with Crippen LogP contribution in [-0.2, 0) is 6.42 Å². The predicted octanol–water partition coefficient (Wildman–Crippen LogP) is 2.79. The molecule has 1 nitrogen and oxygen atoms in total. The molecule has 1 rings (SSSR count). The Bertz CT molecular complexity index is 299. The van der Waals surface area contributed by atoms with E-state index in [1.165, 1.54) is 6.07 Å². The molecule has 0 atom stereocenters. The molecule has 0 saturated carbocycles. The Kier molecular flexibility index (Phi) is 3.88. The van der Waals surface area contributed by atoms with Gasteiger partial charge in [-0.25, -0.2) is 4.39 Å². The average Bonchev–Trinajstić information content (AvgIpc) is 2.09. The van der Waals surface area contributed by atoms with Gasteiger partial charge in [0.05, 0.1) is 0 Å². The number of nitrogens with two attached hydrogens (primary N) is 1. The number of rotatable bonds is 3. The molecule has 0 amide bonds. The Hall–Kier alpha value is -0.410. The van der Waals surface area contributed by atoms with Crippen LogP contribution in [0, 0.1) is 12.7 Å². The van der Waals surface area contributed by atoms with E-state index in [0.717, 1.165) is 28.4 Å². The van der Waals surface area contributed by atoms with E-state index >= 15 is 0 Å². The highest BCUT2D eigenvalue weighted by atomic mass is 79.9. The average molecular weight is 246 g/mol. The van der Waals surface area contributed by atoms with Crippen molar-refractivity contribution >= 4 is 15.9 Å². The lowest BCUT2D eigenvalue weighted by atomic mass is 10.1. The molecular formula is C10H13BrFN. The second-order valence-electron chi connectivity index (χ2n) is 3.09. The summed E-state index contributed by atoms with van der Waals surface area (Å²) in [6.07, 6.45) is 1.55. The van der Waals surface area contributed by atoms with Gasteiger partial charge in [0.25, 0.3) is 0 Å². The Morgan fingerprint density at radius 1 is 1.46 bits per heavy atom. The van der Waals surface area contributed by atoms with Crippen LogP contribution in [0.15, 0.2) is 16.6 Å². The van der Waals surface area contributed by atoms with Crippen molar-refractivity contribution in [3.8, 4) is 0 Å². The van der Waals surface area contributed by atoms with E-state index in [9.17, 15) is 4.39 Å². The number of aryl methyl sites for hydroxylation is 2. The first-order valence-corrected chi connectivity index (χ1v) is 5.09. The summed E-state index contributed by atoms with van der Waals surface area (Å²) in [6, 6.07) is 3.39. The third-order valence-corrected chi connectivity index (χ3v) is 2.83. The highest BCUT2D eigenvalue weighted by Gasteiger charge is 2.04. The second-order valence-corrected chi connectivity index (χ2v) is 3.94. The molecular weight excluding hydrogens is 233 g/mol. The zero-order valence-corrected chi connectivity index (χ0v) is 9.20. The van der Waals surface area contributed by atoms with Crippen LogP contribution in [0.3, 0.4) is 0 Å². The van der Waals surface area contributed by atoms with E-state index in [1.807, 2.05) is 13.0 Å². The first-order valence-electron chi connectivity index (χ1n) is 4.29. The molecule has 0 spiro atoms. The fourth-order valence-electron chi connectivity index (χ4n) is 1.20. The molecule has 0 radical (unpaired) electrons. The molecule has 0 fully saturated rings. The third-order valence-electron chi connectivity index (χ3n) is 1.98. The van der Waals surface area contributed by atoms with Crippen LogP contribution in [0.1, 0.15) is 17.5 Å². The van der Waals surface area contributed by atoms with Crippen molar-refractivity contribution in [3.63, 3.8) is 0 Å². The molecule has 0 saturated heterocycles. The largest absolute Gasteiger partial charge is 0.330 e. The minimum atomic E-state index is -0.147. The fraction of sp³-hybridized carbons (Fsp3) is 0.400. The Balaban J connectivity index is 2.88. The van der Waals surface area contributed by atoms with Gasteiger partial charge in [-0.2, -0.15) is 0 Å². The van der Waals surface area contributed by atoms with Gasteiger partial charge in [0.2, 0.25) is 0 Å². The third kappa shape index (κ3) is 2.78. The maximum atomic E-state index is 13.3. The number of halogens is 2. The van der Waals surface area contributed by atoms with Gasteiger partial charge in [0.1, 0.15) is 5.82 Å². The highest BCUT2D eigenvalue weighted by Crippen LogP contribution is 2.21. The highest BCUT2D eigenvalue weighted by molar-refractivity contribution is 9.10. The van der Waals surface area contributed by atoms with Crippen molar-refractivity contribution in [2.24, 2.45) is 5.73 Å². The van der Waals surface area contributed by atoms with Gasteiger partial charge in [0.15, 0.2) is 0 Å². The van der Waals surface area contributed by atoms with Crippen LogP contribution in [-0.4, -0.2) is 6.54 Å². The van der Waals surface area contributed by atoms with E-state index in [1.54, 1.807) is 0 Å². The Labute approximate surface area is 86.3 Å². The first-order chi connectivity index (χ1) is 6.15. The van der Waals surface area contributed by atoms with Gasteiger partial charge in [-0.1, -0.05) is 22.0 Å². The molecule has 1 aromatic carbocycles. The summed E-state index contributed by atoms with van der Waals surface area (Å²) in [5.74, 6) is -0.147. The Morgan fingerprint density at radius 3 is 2.77 bits per heavy atom.